The van der Waals surface area contributed by atoms with E-state index in [4.69, 9.17) is 22.1 Å². The van der Waals surface area contributed by atoms with Crippen molar-refractivity contribution in [3.8, 4) is 5.75 Å². The van der Waals surface area contributed by atoms with Crippen molar-refractivity contribution in [2.24, 2.45) is 0 Å². The van der Waals surface area contributed by atoms with E-state index in [1.165, 1.54) is 0 Å². The molecule has 3 N–H and O–H groups in total. The third kappa shape index (κ3) is 1.95. The van der Waals surface area contributed by atoms with E-state index in [1.54, 1.807) is 12.3 Å². The first kappa shape index (κ1) is 11.2. The summed E-state index contributed by atoms with van der Waals surface area (Å²) < 4.78 is 5.59. The molecule has 0 spiro atoms. The number of para-hydroxylation sites is 1. The standard InChI is InChI=1S/C13H12ClN3O/c14-10-5-8(15)6-16-13(10)17-11-7-18-12-4-2-1-3-9(11)12/h1-6,11H,7,15H2,(H,16,17). The van der Waals surface area contributed by atoms with Crippen molar-refractivity contribution in [2.75, 3.05) is 17.7 Å². The minimum absolute atomic E-state index is 0.0647. The summed E-state index contributed by atoms with van der Waals surface area (Å²) >= 11 is 6.09. The number of hydrogen-bond donors (Lipinski definition) is 2. The van der Waals surface area contributed by atoms with Crippen LogP contribution in [0.2, 0.25) is 5.02 Å². The summed E-state index contributed by atoms with van der Waals surface area (Å²) in [4.78, 5) is 4.19. The summed E-state index contributed by atoms with van der Waals surface area (Å²) in [5.41, 5.74) is 7.28. The van der Waals surface area contributed by atoms with Crippen LogP contribution in [0.1, 0.15) is 11.6 Å². The van der Waals surface area contributed by atoms with Gasteiger partial charge in [0, 0.05) is 5.56 Å². The Morgan fingerprint density at radius 1 is 1.39 bits per heavy atom. The molecule has 0 fully saturated rings. The normalized spacial score (nSPS) is 17.1. The average molecular weight is 262 g/mol. The number of fused-ring (bicyclic) bond motifs is 1. The first-order valence-electron chi connectivity index (χ1n) is 5.63. The minimum atomic E-state index is 0.0647. The molecule has 92 valence electrons. The molecule has 0 amide bonds. The number of nitrogens with two attached hydrogens (primary N) is 1. The highest BCUT2D eigenvalue weighted by molar-refractivity contribution is 6.33. The summed E-state index contributed by atoms with van der Waals surface area (Å²) in [7, 11) is 0. The van der Waals surface area contributed by atoms with Crippen LogP contribution >= 0.6 is 11.6 Å². The lowest BCUT2D eigenvalue weighted by Gasteiger charge is -2.13. The number of aromatic nitrogens is 1. The second-order valence-electron chi connectivity index (χ2n) is 4.14. The van der Waals surface area contributed by atoms with Gasteiger partial charge in [0.2, 0.25) is 0 Å². The Morgan fingerprint density at radius 2 is 2.22 bits per heavy atom. The Labute approximate surface area is 110 Å². The van der Waals surface area contributed by atoms with Gasteiger partial charge in [0.25, 0.3) is 0 Å². The maximum absolute atomic E-state index is 6.09. The first-order chi connectivity index (χ1) is 8.74. The van der Waals surface area contributed by atoms with Crippen molar-refractivity contribution in [2.45, 2.75) is 6.04 Å². The second kappa shape index (κ2) is 4.38. The van der Waals surface area contributed by atoms with Gasteiger partial charge in [0.05, 0.1) is 22.9 Å². The first-order valence-corrected chi connectivity index (χ1v) is 6.01. The molecule has 0 saturated carbocycles. The lowest BCUT2D eigenvalue weighted by atomic mass is 10.1. The van der Waals surface area contributed by atoms with Crippen molar-refractivity contribution in [3.63, 3.8) is 0 Å². The fourth-order valence-corrected chi connectivity index (χ4v) is 2.24. The lowest BCUT2D eigenvalue weighted by molar-refractivity contribution is 0.339. The molecule has 0 saturated heterocycles. The zero-order valence-electron chi connectivity index (χ0n) is 9.56. The summed E-state index contributed by atoms with van der Waals surface area (Å²) in [5, 5.41) is 3.78. The molecule has 0 radical (unpaired) electrons. The van der Waals surface area contributed by atoms with Gasteiger partial charge in [0.1, 0.15) is 18.2 Å². The molecule has 5 heteroatoms. The second-order valence-corrected chi connectivity index (χ2v) is 4.55. The Balaban J connectivity index is 1.86. The molecular weight excluding hydrogens is 250 g/mol. The highest BCUT2D eigenvalue weighted by atomic mass is 35.5. The van der Waals surface area contributed by atoms with E-state index in [0.717, 1.165) is 11.3 Å². The topological polar surface area (TPSA) is 60.2 Å². The van der Waals surface area contributed by atoms with Gasteiger partial charge in [-0.1, -0.05) is 29.8 Å². The molecule has 3 rings (SSSR count). The van der Waals surface area contributed by atoms with E-state index in [-0.39, 0.29) is 6.04 Å². The van der Waals surface area contributed by atoms with Gasteiger partial charge >= 0.3 is 0 Å². The minimum Gasteiger partial charge on any atom is -0.491 e. The molecule has 18 heavy (non-hydrogen) atoms. The molecule has 2 aromatic rings. The van der Waals surface area contributed by atoms with Crippen LogP contribution in [-0.4, -0.2) is 11.6 Å². The third-order valence-corrected chi connectivity index (χ3v) is 3.16. The SMILES string of the molecule is Nc1cnc(NC2COc3ccccc32)c(Cl)c1. The quantitative estimate of drug-likeness (QED) is 0.873. The maximum Gasteiger partial charge on any atom is 0.145 e. The number of rotatable bonds is 2. The van der Waals surface area contributed by atoms with Gasteiger partial charge in [-0.15, -0.1) is 0 Å². The predicted octanol–water partition coefficient (Wildman–Crippen LogP) is 2.86. The van der Waals surface area contributed by atoms with Crippen LogP contribution < -0.4 is 15.8 Å². The van der Waals surface area contributed by atoms with Gasteiger partial charge < -0.3 is 15.8 Å². The van der Waals surface area contributed by atoms with Crippen molar-refractivity contribution >= 4 is 23.1 Å². The van der Waals surface area contributed by atoms with Crippen LogP contribution in [0.4, 0.5) is 11.5 Å². The van der Waals surface area contributed by atoms with Crippen molar-refractivity contribution < 1.29 is 4.74 Å². The fraction of sp³-hybridized carbons (Fsp3) is 0.154. The number of benzene rings is 1. The molecule has 0 aliphatic carbocycles. The maximum atomic E-state index is 6.09. The zero-order chi connectivity index (χ0) is 12.5. The van der Waals surface area contributed by atoms with E-state index in [9.17, 15) is 0 Å². The van der Waals surface area contributed by atoms with Crippen LogP contribution in [0, 0.1) is 0 Å². The molecule has 1 aliphatic rings. The number of hydrogen-bond acceptors (Lipinski definition) is 4. The van der Waals surface area contributed by atoms with Crippen LogP contribution in [0.3, 0.4) is 0 Å². The van der Waals surface area contributed by atoms with Crippen LogP contribution in [-0.2, 0) is 0 Å². The largest absolute Gasteiger partial charge is 0.491 e. The monoisotopic (exact) mass is 261 g/mol. The van der Waals surface area contributed by atoms with Crippen LogP contribution in [0.25, 0.3) is 0 Å². The Morgan fingerprint density at radius 3 is 3.06 bits per heavy atom. The number of pyridine rings is 1. The third-order valence-electron chi connectivity index (χ3n) is 2.87. The van der Waals surface area contributed by atoms with Crippen molar-refractivity contribution in [1.82, 2.24) is 4.98 Å². The number of nitrogens with one attached hydrogen (secondary N) is 1. The molecule has 1 unspecified atom stereocenters. The number of halogens is 1. The van der Waals surface area contributed by atoms with E-state index in [2.05, 4.69) is 10.3 Å². The number of ether oxygens (including phenoxy) is 1. The summed E-state index contributed by atoms with van der Waals surface area (Å²) in [6.07, 6.45) is 1.58. The van der Waals surface area contributed by atoms with E-state index >= 15 is 0 Å². The van der Waals surface area contributed by atoms with Gasteiger partial charge in [-0.25, -0.2) is 4.98 Å². The van der Waals surface area contributed by atoms with Crippen molar-refractivity contribution in [1.29, 1.82) is 0 Å². The number of anilines is 2. The lowest BCUT2D eigenvalue weighted by Crippen LogP contribution is -2.13. The van der Waals surface area contributed by atoms with Gasteiger partial charge in [-0.05, 0) is 12.1 Å². The molecule has 4 nitrogen and oxygen atoms in total. The Kier molecular flexibility index (Phi) is 2.72. The molecule has 1 atom stereocenters. The van der Waals surface area contributed by atoms with Crippen LogP contribution in [0.15, 0.2) is 36.5 Å². The highest BCUT2D eigenvalue weighted by Gasteiger charge is 2.24. The summed E-state index contributed by atoms with van der Waals surface area (Å²) in [6, 6.07) is 9.67. The van der Waals surface area contributed by atoms with Gasteiger partial charge in [-0.3, -0.25) is 0 Å². The van der Waals surface area contributed by atoms with Crippen molar-refractivity contribution in [3.05, 3.63) is 47.1 Å². The highest BCUT2D eigenvalue weighted by Crippen LogP contribution is 2.35. The van der Waals surface area contributed by atoms with E-state index in [0.29, 0.717) is 23.1 Å². The molecule has 2 heterocycles. The molecule has 1 aliphatic heterocycles. The summed E-state index contributed by atoms with van der Waals surface area (Å²) in [6.45, 7) is 0.571. The van der Waals surface area contributed by atoms with Crippen LogP contribution in [0.5, 0.6) is 5.75 Å². The van der Waals surface area contributed by atoms with Gasteiger partial charge in [0.15, 0.2) is 0 Å². The summed E-state index contributed by atoms with van der Waals surface area (Å²) in [5.74, 6) is 1.53. The molecular formula is C13H12ClN3O. The predicted molar refractivity (Wildman–Crippen MR) is 72.0 cm³/mol. The Hall–Kier alpha value is -1.94. The molecule has 1 aromatic heterocycles. The zero-order valence-corrected chi connectivity index (χ0v) is 10.3. The van der Waals surface area contributed by atoms with E-state index in [1.807, 2.05) is 24.3 Å². The van der Waals surface area contributed by atoms with E-state index < -0.39 is 0 Å². The fourth-order valence-electron chi connectivity index (χ4n) is 2.01. The van der Waals surface area contributed by atoms with Gasteiger partial charge in [-0.2, -0.15) is 0 Å². The molecule has 1 aromatic carbocycles. The smallest absolute Gasteiger partial charge is 0.145 e. The number of nitrogen functional groups attached to an aromatic ring is 1. The molecule has 0 bridgehead atoms. The average Bonchev–Trinajstić information content (AvgIpc) is 2.76. The number of nitrogens with zero attached hydrogens (tertiary/aromatic N) is 1. The Bertz CT molecular complexity index is 588.